The summed E-state index contributed by atoms with van der Waals surface area (Å²) in [6.45, 7) is 3.70. The lowest BCUT2D eigenvalue weighted by Gasteiger charge is -2.33. The van der Waals surface area contributed by atoms with Gasteiger partial charge in [-0.15, -0.1) is 11.3 Å². The van der Waals surface area contributed by atoms with Crippen molar-refractivity contribution in [3.05, 3.63) is 21.8 Å². The van der Waals surface area contributed by atoms with E-state index in [2.05, 4.69) is 19.9 Å². The largest absolute Gasteiger partial charge is 0.490 e. The van der Waals surface area contributed by atoms with Gasteiger partial charge in [-0.2, -0.15) is 13.2 Å². The van der Waals surface area contributed by atoms with E-state index in [1.807, 2.05) is 6.92 Å². The molecule has 0 saturated carbocycles. The van der Waals surface area contributed by atoms with E-state index in [1.165, 1.54) is 28.5 Å². The van der Waals surface area contributed by atoms with Gasteiger partial charge in [0.15, 0.2) is 15.2 Å². The van der Waals surface area contributed by atoms with Crippen LogP contribution in [0.4, 0.5) is 19.0 Å². The number of carbonyl (C=O) groups is 2. The SMILES string of the molecule is CCc1[nH]c2nc(Sc3nc(C(=O)O)cs3)nc(N3CCCC(CO)C3)c2c1Cl.O=C(O)C(F)(F)F. The summed E-state index contributed by atoms with van der Waals surface area (Å²) in [6.07, 6.45) is -2.39. The Balaban J connectivity index is 0.000000454. The fraction of sp³-hybridized carbons (Fsp3) is 0.450. The molecule has 3 aromatic heterocycles. The maximum absolute atomic E-state index is 11.1. The van der Waals surface area contributed by atoms with Crippen LogP contribution in [-0.4, -0.2) is 73.1 Å². The van der Waals surface area contributed by atoms with Crippen LogP contribution in [0.15, 0.2) is 14.9 Å². The number of aryl methyl sites for hydroxylation is 1. The number of nitrogens with one attached hydrogen (secondary N) is 1. The molecule has 36 heavy (non-hydrogen) atoms. The number of piperidine rings is 1. The number of aliphatic hydroxyl groups excluding tert-OH is 1. The second-order valence-corrected chi connectivity index (χ2v) is 10.1. The quantitative estimate of drug-likeness (QED) is 0.317. The fourth-order valence-corrected chi connectivity index (χ4v) is 5.48. The number of hydrogen-bond donors (Lipinski definition) is 4. The van der Waals surface area contributed by atoms with Crippen LogP contribution in [-0.2, 0) is 11.2 Å². The molecule has 0 bridgehead atoms. The number of H-pyrrole nitrogens is 1. The van der Waals surface area contributed by atoms with Crippen molar-refractivity contribution in [3.63, 3.8) is 0 Å². The average Bonchev–Trinajstić information content (AvgIpc) is 3.43. The van der Waals surface area contributed by atoms with Crippen LogP contribution >= 0.6 is 34.7 Å². The van der Waals surface area contributed by atoms with Crippen molar-refractivity contribution in [1.29, 1.82) is 0 Å². The number of nitrogens with zero attached hydrogens (tertiary/aromatic N) is 4. The number of halogens is 4. The zero-order valence-electron chi connectivity index (χ0n) is 18.7. The predicted octanol–water partition coefficient (Wildman–Crippen LogP) is 4.32. The highest BCUT2D eigenvalue weighted by molar-refractivity contribution is 8.00. The molecule has 0 aromatic carbocycles. The molecule has 0 amide bonds. The minimum absolute atomic E-state index is 0.0109. The van der Waals surface area contributed by atoms with E-state index in [1.54, 1.807) is 0 Å². The summed E-state index contributed by atoms with van der Waals surface area (Å²) >= 11 is 9.11. The van der Waals surface area contributed by atoms with E-state index in [9.17, 15) is 23.1 Å². The third kappa shape index (κ3) is 6.57. The minimum Gasteiger partial charge on any atom is -0.476 e. The summed E-state index contributed by atoms with van der Waals surface area (Å²) in [4.78, 5) is 38.9. The second-order valence-electron chi connectivity index (χ2n) is 7.67. The molecule has 10 nitrogen and oxygen atoms in total. The number of aromatic nitrogens is 4. The van der Waals surface area contributed by atoms with Crippen molar-refractivity contribution < 1.29 is 38.1 Å². The Kier molecular flexibility index (Phi) is 9.03. The lowest BCUT2D eigenvalue weighted by Crippen LogP contribution is -2.37. The van der Waals surface area contributed by atoms with Gasteiger partial charge in [-0.05, 0) is 36.9 Å². The van der Waals surface area contributed by atoms with Crippen LogP contribution in [0, 0.1) is 5.92 Å². The molecule has 4 rings (SSSR count). The molecule has 1 aliphatic rings. The number of fused-ring (bicyclic) bond motifs is 1. The smallest absolute Gasteiger partial charge is 0.476 e. The van der Waals surface area contributed by atoms with E-state index in [0.29, 0.717) is 26.7 Å². The number of aliphatic carboxylic acids is 1. The Hall–Kier alpha value is -2.62. The van der Waals surface area contributed by atoms with Crippen LogP contribution < -0.4 is 4.90 Å². The van der Waals surface area contributed by atoms with Gasteiger partial charge < -0.3 is 25.2 Å². The molecule has 4 heterocycles. The van der Waals surface area contributed by atoms with Crippen LogP contribution in [0.2, 0.25) is 5.02 Å². The van der Waals surface area contributed by atoms with E-state index < -0.39 is 18.1 Å². The van der Waals surface area contributed by atoms with Crippen molar-refractivity contribution in [2.24, 2.45) is 5.92 Å². The molecule has 1 saturated heterocycles. The number of thiazole rings is 1. The molecule has 0 spiro atoms. The number of alkyl halides is 3. The Labute approximate surface area is 215 Å². The molecule has 1 atom stereocenters. The number of hydrogen-bond acceptors (Lipinski definition) is 9. The number of aromatic amines is 1. The number of carboxylic acids is 2. The number of carboxylic acid groups (broad SMARTS) is 2. The van der Waals surface area contributed by atoms with Crippen LogP contribution in [0.3, 0.4) is 0 Å². The molecule has 4 N–H and O–H groups in total. The van der Waals surface area contributed by atoms with Gasteiger partial charge in [0.05, 0.1) is 10.4 Å². The Morgan fingerprint density at radius 1 is 1.31 bits per heavy atom. The summed E-state index contributed by atoms with van der Waals surface area (Å²) in [5.41, 5.74) is 1.56. The van der Waals surface area contributed by atoms with Gasteiger partial charge in [0, 0.05) is 30.8 Å². The molecule has 3 aromatic rings. The topological polar surface area (TPSA) is 153 Å². The van der Waals surface area contributed by atoms with Gasteiger partial charge in [-0.1, -0.05) is 18.5 Å². The molecular weight excluding hydrogens is 547 g/mol. The maximum Gasteiger partial charge on any atom is 0.490 e. The number of aromatic carboxylic acids is 1. The standard InChI is InChI=1S/C18H20ClN5O3S2.C2HF3O2/c1-2-10-13(19)12-14(20-10)22-17(29-18-21-11(8-28-18)16(26)27)23-15(12)24-5-3-4-9(6-24)7-25;3-2(4,5)1(6)7/h8-9,25H,2-7H2,1H3,(H,26,27)(H,20,22,23);(H,6,7). The third-order valence-electron chi connectivity index (χ3n) is 5.18. The Bertz CT molecular complexity index is 1250. The highest BCUT2D eigenvalue weighted by Crippen LogP contribution is 2.38. The van der Waals surface area contributed by atoms with E-state index >= 15 is 0 Å². The molecule has 0 aliphatic carbocycles. The lowest BCUT2D eigenvalue weighted by molar-refractivity contribution is -0.192. The maximum atomic E-state index is 11.1. The number of rotatable bonds is 6. The van der Waals surface area contributed by atoms with Gasteiger partial charge in [0.2, 0.25) is 0 Å². The predicted molar refractivity (Wildman–Crippen MR) is 127 cm³/mol. The number of anilines is 1. The van der Waals surface area contributed by atoms with Crippen LogP contribution in [0.5, 0.6) is 0 Å². The van der Waals surface area contributed by atoms with Crippen molar-refractivity contribution in [3.8, 4) is 0 Å². The van der Waals surface area contributed by atoms with Crippen molar-refractivity contribution in [2.45, 2.75) is 41.9 Å². The lowest BCUT2D eigenvalue weighted by atomic mass is 9.99. The Morgan fingerprint density at radius 3 is 2.56 bits per heavy atom. The summed E-state index contributed by atoms with van der Waals surface area (Å²) in [7, 11) is 0. The monoisotopic (exact) mass is 567 g/mol. The normalized spacial score (nSPS) is 16.1. The second kappa shape index (κ2) is 11.6. The van der Waals surface area contributed by atoms with Gasteiger partial charge >= 0.3 is 18.1 Å². The van der Waals surface area contributed by atoms with Crippen molar-refractivity contribution >= 4 is 63.5 Å². The van der Waals surface area contributed by atoms with E-state index in [-0.39, 0.29) is 18.2 Å². The molecule has 0 radical (unpaired) electrons. The van der Waals surface area contributed by atoms with Gasteiger partial charge in [-0.3, -0.25) is 0 Å². The van der Waals surface area contributed by atoms with Gasteiger partial charge in [0.25, 0.3) is 0 Å². The van der Waals surface area contributed by atoms with E-state index in [4.69, 9.17) is 31.6 Å². The van der Waals surface area contributed by atoms with Crippen molar-refractivity contribution in [1.82, 2.24) is 19.9 Å². The summed E-state index contributed by atoms with van der Waals surface area (Å²) < 4.78 is 32.3. The zero-order chi connectivity index (χ0) is 26.6. The first-order chi connectivity index (χ1) is 16.9. The molecule has 1 aliphatic heterocycles. The molecule has 1 unspecified atom stereocenters. The van der Waals surface area contributed by atoms with Crippen LogP contribution in [0.25, 0.3) is 11.0 Å². The van der Waals surface area contributed by atoms with E-state index in [0.717, 1.165) is 42.7 Å². The zero-order valence-corrected chi connectivity index (χ0v) is 21.1. The summed E-state index contributed by atoms with van der Waals surface area (Å²) in [6, 6.07) is 0. The first kappa shape index (κ1) is 28.0. The highest BCUT2D eigenvalue weighted by atomic mass is 35.5. The van der Waals surface area contributed by atoms with Gasteiger partial charge in [-0.25, -0.2) is 24.5 Å². The molecular formula is C20H21ClF3N5O5S2. The highest BCUT2D eigenvalue weighted by Gasteiger charge is 2.38. The summed E-state index contributed by atoms with van der Waals surface area (Å²) in [5.74, 6) is -2.87. The minimum atomic E-state index is -5.08. The first-order valence-electron chi connectivity index (χ1n) is 10.5. The van der Waals surface area contributed by atoms with Crippen molar-refractivity contribution in [2.75, 3.05) is 24.6 Å². The summed E-state index contributed by atoms with van der Waals surface area (Å²) in [5, 5.41) is 29.2. The van der Waals surface area contributed by atoms with Gasteiger partial charge in [0.1, 0.15) is 11.5 Å². The Morgan fingerprint density at radius 2 is 2.00 bits per heavy atom. The molecule has 1 fully saturated rings. The third-order valence-corrected chi connectivity index (χ3v) is 7.40. The molecule has 16 heteroatoms. The fourth-order valence-electron chi connectivity index (χ4n) is 3.48. The first-order valence-corrected chi connectivity index (χ1v) is 12.6. The van der Waals surface area contributed by atoms with Crippen LogP contribution in [0.1, 0.15) is 35.9 Å². The number of aliphatic hydroxyl groups is 1. The molecule has 196 valence electrons. The average molecular weight is 568 g/mol.